The van der Waals surface area contributed by atoms with Crippen molar-refractivity contribution < 1.29 is 4.79 Å². The summed E-state index contributed by atoms with van der Waals surface area (Å²) in [7, 11) is 1.68. The predicted octanol–water partition coefficient (Wildman–Crippen LogP) is 2.90. The van der Waals surface area contributed by atoms with Gasteiger partial charge in [0.2, 0.25) is 0 Å². The van der Waals surface area contributed by atoms with Gasteiger partial charge in [-0.25, -0.2) is 4.98 Å². The van der Waals surface area contributed by atoms with Crippen molar-refractivity contribution in [1.29, 1.82) is 5.26 Å². The molecule has 1 aromatic heterocycles. The first kappa shape index (κ1) is 13.8. The Balaban J connectivity index is 2.30. The summed E-state index contributed by atoms with van der Waals surface area (Å²) in [6.07, 6.45) is 1.59. The molecule has 2 aromatic rings. The van der Waals surface area contributed by atoms with Crippen LogP contribution >= 0.6 is 11.6 Å². The number of aromatic nitrogens is 1. The van der Waals surface area contributed by atoms with Gasteiger partial charge in [0, 0.05) is 13.2 Å². The Bertz CT molecular complexity index is 694. The van der Waals surface area contributed by atoms with Gasteiger partial charge >= 0.3 is 0 Å². The summed E-state index contributed by atoms with van der Waals surface area (Å²) in [4.78, 5) is 16.3. The molecule has 0 radical (unpaired) electrons. The summed E-state index contributed by atoms with van der Waals surface area (Å²) < 4.78 is 0. The van der Waals surface area contributed by atoms with Gasteiger partial charge in [-0.3, -0.25) is 4.79 Å². The van der Waals surface area contributed by atoms with E-state index in [0.29, 0.717) is 27.7 Å². The van der Waals surface area contributed by atoms with Gasteiger partial charge in [-0.2, -0.15) is 5.26 Å². The molecular weight excluding hydrogens is 276 g/mol. The van der Waals surface area contributed by atoms with E-state index in [4.69, 9.17) is 16.9 Å². The lowest BCUT2D eigenvalue weighted by Crippen LogP contribution is -2.15. The summed E-state index contributed by atoms with van der Waals surface area (Å²) >= 11 is 6.00. The minimum Gasteiger partial charge on any atom is -0.372 e. The molecule has 2 N–H and O–H groups in total. The molecule has 1 aromatic carbocycles. The Hall–Kier alpha value is -2.58. The zero-order valence-corrected chi connectivity index (χ0v) is 11.4. The lowest BCUT2D eigenvalue weighted by molar-refractivity contribution is 0.102. The number of rotatable bonds is 3. The van der Waals surface area contributed by atoms with Gasteiger partial charge in [0.05, 0.1) is 27.9 Å². The lowest BCUT2D eigenvalue weighted by Gasteiger charge is -2.10. The Morgan fingerprint density at radius 1 is 1.40 bits per heavy atom. The van der Waals surface area contributed by atoms with E-state index in [1.54, 1.807) is 37.5 Å². The number of hydrogen-bond donors (Lipinski definition) is 2. The summed E-state index contributed by atoms with van der Waals surface area (Å²) in [6.45, 7) is 0. The summed E-state index contributed by atoms with van der Waals surface area (Å²) in [6, 6.07) is 9.99. The number of hydrogen-bond acceptors (Lipinski definition) is 4. The Labute approximate surface area is 121 Å². The fraction of sp³-hybridized carbons (Fsp3) is 0.0714. The maximum atomic E-state index is 12.2. The second-order valence-corrected chi connectivity index (χ2v) is 4.32. The molecule has 0 aliphatic rings. The summed E-state index contributed by atoms with van der Waals surface area (Å²) in [5.41, 5.74) is 1.21. The van der Waals surface area contributed by atoms with Crippen LogP contribution in [-0.2, 0) is 0 Å². The number of carbonyl (C=O) groups excluding carboxylic acids is 1. The first-order chi connectivity index (χ1) is 9.65. The van der Waals surface area contributed by atoms with Crippen molar-refractivity contribution in [3.05, 3.63) is 52.7 Å². The Kier molecular flexibility index (Phi) is 4.18. The van der Waals surface area contributed by atoms with Gasteiger partial charge in [-0.15, -0.1) is 0 Å². The number of amides is 1. The van der Waals surface area contributed by atoms with Crippen LogP contribution in [0.5, 0.6) is 0 Å². The van der Waals surface area contributed by atoms with Crippen LogP contribution < -0.4 is 10.6 Å². The topological polar surface area (TPSA) is 77.8 Å². The molecule has 0 saturated heterocycles. The van der Waals surface area contributed by atoms with Gasteiger partial charge in [0.25, 0.3) is 5.91 Å². The molecule has 0 aliphatic carbocycles. The fourth-order valence-corrected chi connectivity index (χ4v) is 1.83. The second kappa shape index (κ2) is 6.04. The summed E-state index contributed by atoms with van der Waals surface area (Å²) in [5.74, 6) is 0.122. The van der Waals surface area contributed by atoms with Crippen molar-refractivity contribution in [2.75, 3.05) is 17.7 Å². The number of benzene rings is 1. The molecule has 1 amide bonds. The quantitative estimate of drug-likeness (QED) is 0.909. The van der Waals surface area contributed by atoms with Crippen molar-refractivity contribution in [2.45, 2.75) is 0 Å². The standard InChI is InChI=1S/C14H11ClN4O/c1-17-13-10(3-2-6-18-13)14(20)19-12-7-9(8-16)4-5-11(12)15/h2-7H,1H3,(H,17,18)(H,19,20). The number of nitrogens with one attached hydrogen (secondary N) is 2. The van der Waals surface area contributed by atoms with Crippen molar-refractivity contribution in [1.82, 2.24) is 4.98 Å². The molecular formula is C14H11ClN4O. The van der Waals surface area contributed by atoms with Crippen LogP contribution in [0.4, 0.5) is 11.5 Å². The third-order valence-corrected chi connectivity index (χ3v) is 2.96. The van der Waals surface area contributed by atoms with E-state index in [1.165, 1.54) is 6.07 Å². The van der Waals surface area contributed by atoms with E-state index < -0.39 is 0 Å². The number of carbonyl (C=O) groups is 1. The molecule has 0 saturated carbocycles. The highest BCUT2D eigenvalue weighted by molar-refractivity contribution is 6.34. The maximum absolute atomic E-state index is 12.2. The second-order valence-electron chi connectivity index (χ2n) is 3.91. The number of halogens is 1. The van der Waals surface area contributed by atoms with Crippen LogP contribution in [0, 0.1) is 11.3 Å². The minimum atomic E-state index is -0.348. The molecule has 100 valence electrons. The van der Waals surface area contributed by atoms with Gasteiger partial charge in [0.15, 0.2) is 0 Å². The van der Waals surface area contributed by atoms with Crippen LogP contribution in [0.2, 0.25) is 5.02 Å². The predicted molar refractivity (Wildman–Crippen MR) is 77.9 cm³/mol. The molecule has 0 atom stereocenters. The van der Waals surface area contributed by atoms with Gasteiger partial charge in [0.1, 0.15) is 5.82 Å². The molecule has 5 nitrogen and oxygen atoms in total. The molecule has 2 rings (SSSR count). The number of nitriles is 1. The third kappa shape index (κ3) is 2.87. The number of anilines is 2. The van der Waals surface area contributed by atoms with Gasteiger partial charge in [-0.1, -0.05) is 11.6 Å². The Morgan fingerprint density at radius 2 is 2.20 bits per heavy atom. The average Bonchev–Trinajstić information content (AvgIpc) is 2.49. The smallest absolute Gasteiger partial charge is 0.259 e. The highest BCUT2D eigenvalue weighted by Crippen LogP contribution is 2.24. The van der Waals surface area contributed by atoms with E-state index in [1.807, 2.05) is 6.07 Å². The summed E-state index contributed by atoms with van der Waals surface area (Å²) in [5, 5.41) is 14.7. The van der Waals surface area contributed by atoms with Crippen LogP contribution in [0.25, 0.3) is 0 Å². The first-order valence-corrected chi connectivity index (χ1v) is 6.17. The minimum absolute atomic E-state index is 0.348. The number of pyridine rings is 1. The molecule has 6 heteroatoms. The Morgan fingerprint density at radius 3 is 2.90 bits per heavy atom. The SMILES string of the molecule is CNc1ncccc1C(=O)Nc1cc(C#N)ccc1Cl. The van der Waals surface area contributed by atoms with Crippen molar-refractivity contribution in [2.24, 2.45) is 0 Å². The zero-order chi connectivity index (χ0) is 14.5. The van der Waals surface area contributed by atoms with Gasteiger partial charge in [-0.05, 0) is 30.3 Å². The van der Waals surface area contributed by atoms with Crippen LogP contribution in [-0.4, -0.2) is 17.9 Å². The van der Waals surface area contributed by atoms with E-state index in [0.717, 1.165) is 0 Å². The van der Waals surface area contributed by atoms with Crippen LogP contribution in [0.1, 0.15) is 15.9 Å². The zero-order valence-electron chi connectivity index (χ0n) is 10.6. The molecule has 0 fully saturated rings. The fourth-order valence-electron chi connectivity index (χ4n) is 1.67. The largest absolute Gasteiger partial charge is 0.372 e. The van der Waals surface area contributed by atoms with Crippen molar-refractivity contribution >= 4 is 29.0 Å². The lowest BCUT2D eigenvalue weighted by atomic mass is 10.2. The van der Waals surface area contributed by atoms with Crippen molar-refractivity contribution in [3.63, 3.8) is 0 Å². The van der Waals surface area contributed by atoms with E-state index in [9.17, 15) is 4.79 Å². The number of nitrogens with zero attached hydrogens (tertiary/aromatic N) is 2. The van der Waals surface area contributed by atoms with E-state index in [-0.39, 0.29) is 5.91 Å². The maximum Gasteiger partial charge on any atom is 0.259 e. The monoisotopic (exact) mass is 286 g/mol. The van der Waals surface area contributed by atoms with E-state index in [2.05, 4.69) is 15.6 Å². The highest BCUT2D eigenvalue weighted by Gasteiger charge is 2.13. The normalized spacial score (nSPS) is 9.65. The molecule has 0 bridgehead atoms. The molecule has 0 aliphatic heterocycles. The molecule has 0 spiro atoms. The molecule has 1 heterocycles. The van der Waals surface area contributed by atoms with E-state index >= 15 is 0 Å². The van der Waals surface area contributed by atoms with Crippen LogP contribution in [0.15, 0.2) is 36.5 Å². The first-order valence-electron chi connectivity index (χ1n) is 5.79. The third-order valence-electron chi connectivity index (χ3n) is 2.63. The van der Waals surface area contributed by atoms with Crippen LogP contribution in [0.3, 0.4) is 0 Å². The average molecular weight is 287 g/mol. The highest BCUT2D eigenvalue weighted by atomic mass is 35.5. The molecule has 0 unspecified atom stereocenters. The molecule has 20 heavy (non-hydrogen) atoms. The van der Waals surface area contributed by atoms with Gasteiger partial charge < -0.3 is 10.6 Å². The van der Waals surface area contributed by atoms with Crippen molar-refractivity contribution in [3.8, 4) is 6.07 Å².